The minimum absolute atomic E-state index is 0.224. The summed E-state index contributed by atoms with van der Waals surface area (Å²) in [5.41, 5.74) is 7.97. The minimum Gasteiger partial charge on any atom is -0.325 e. The van der Waals surface area contributed by atoms with E-state index in [1.807, 2.05) is 0 Å². The zero-order valence-electron chi connectivity index (χ0n) is 10.4. The van der Waals surface area contributed by atoms with Crippen LogP contribution in [0.15, 0.2) is 30.3 Å². The van der Waals surface area contributed by atoms with Crippen LogP contribution in [0.4, 0.5) is 0 Å². The molecule has 1 aliphatic carbocycles. The van der Waals surface area contributed by atoms with Crippen LogP contribution in [0.5, 0.6) is 0 Å². The van der Waals surface area contributed by atoms with E-state index in [1.54, 1.807) is 0 Å². The third kappa shape index (κ3) is 2.53. The van der Waals surface area contributed by atoms with Gasteiger partial charge in [-0.25, -0.2) is 0 Å². The molecule has 0 amide bonds. The van der Waals surface area contributed by atoms with Crippen molar-refractivity contribution in [2.45, 2.75) is 31.2 Å². The predicted molar refractivity (Wildman–Crippen MR) is 70.8 cm³/mol. The van der Waals surface area contributed by atoms with Gasteiger partial charge in [-0.15, -0.1) is 0 Å². The summed E-state index contributed by atoms with van der Waals surface area (Å²) in [6.45, 7) is 3.66. The van der Waals surface area contributed by atoms with E-state index in [-0.39, 0.29) is 5.54 Å². The average molecular weight is 230 g/mol. The number of nitrogens with zero attached hydrogens (tertiary/aromatic N) is 1. The van der Waals surface area contributed by atoms with Gasteiger partial charge in [0.25, 0.3) is 0 Å². The summed E-state index contributed by atoms with van der Waals surface area (Å²) in [7, 11) is 0. The normalized spacial score (nSPS) is 27.2. The van der Waals surface area contributed by atoms with Crippen LogP contribution < -0.4 is 5.73 Å². The third-order valence-corrected chi connectivity index (χ3v) is 4.47. The molecule has 0 radical (unpaired) electrons. The van der Waals surface area contributed by atoms with Crippen molar-refractivity contribution >= 4 is 0 Å². The maximum Gasteiger partial charge on any atom is 0.0197 e. The Morgan fingerprint density at radius 1 is 1.24 bits per heavy atom. The number of rotatable bonds is 4. The van der Waals surface area contributed by atoms with E-state index in [0.29, 0.717) is 0 Å². The number of likely N-dealkylation sites (tertiary alicyclic amines) is 1. The number of hydrogen-bond donors (Lipinski definition) is 1. The molecule has 17 heavy (non-hydrogen) atoms. The molecule has 1 heterocycles. The Hall–Kier alpha value is -0.860. The molecule has 1 aliphatic heterocycles. The molecule has 1 atom stereocenters. The third-order valence-electron chi connectivity index (χ3n) is 4.47. The van der Waals surface area contributed by atoms with Crippen molar-refractivity contribution in [3.63, 3.8) is 0 Å². The molecule has 2 heteroatoms. The lowest BCUT2D eigenvalue weighted by atomic mass is 9.98. The summed E-state index contributed by atoms with van der Waals surface area (Å²) in [6.07, 6.45) is 4.99. The van der Waals surface area contributed by atoms with Gasteiger partial charge in [0.05, 0.1) is 0 Å². The lowest BCUT2D eigenvalue weighted by Gasteiger charge is -2.19. The van der Waals surface area contributed by atoms with Gasteiger partial charge in [-0.05, 0) is 43.7 Å². The molecule has 1 aromatic carbocycles. The zero-order valence-corrected chi connectivity index (χ0v) is 10.4. The molecule has 0 bridgehead atoms. The fourth-order valence-electron chi connectivity index (χ4n) is 2.99. The highest BCUT2D eigenvalue weighted by atomic mass is 15.2. The second-order valence-corrected chi connectivity index (χ2v) is 5.75. The molecule has 3 rings (SSSR count). The van der Waals surface area contributed by atoms with Gasteiger partial charge in [-0.3, -0.25) is 0 Å². The molecule has 92 valence electrons. The van der Waals surface area contributed by atoms with Gasteiger partial charge >= 0.3 is 0 Å². The van der Waals surface area contributed by atoms with Crippen molar-refractivity contribution in [1.82, 2.24) is 4.90 Å². The summed E-state index contributed by atoms with van der Waals surface area (Å²) in [5.74, 6) is 0.762. The quantitative estimate of drug-likeness (QED) is 0.857. The Morgan fingerprint density at radius 2 is 2.00 bits per heavy atom. The van der Waals surface area contributed by atoms with Crippen molar-refractivity contribution in [2.75, 3.05) is 19.6 Å². The van der Waals surface area contributed by atoms with Crippen LogP contribution in [-0.4, -0.2) is 30.1 Å². The van der Waals surface area contributed by atoms with Gasteiger partial charge in [0.2, 0.25) is 0 Å². The van der Waals surface area contributed by atoms with Crippen molar-refractivity contribution in [1.29, 1.82) is 0 Å². The number of hydrogen-bond acceptors (Lipinski definition) is 2. The van der Waals surface area contributed by atoms with Crippen LogP contribution in [0.2, 0.25) is 0 Å². The molecule has 0 spiro atoms. The summed E-state index contributed by atoms with van der Waals surface area (Å²) >= 11 is 0. The Labute approximate surface area is 104 Å². The van der Waals surface area contributed by atoms with Gasteiger partial charge in [0, 0.05) is 18.6 Å². The van der Waals surface area contributed by atoms with Crippen LogP contribution in [0.25, 0.3) is 0 Å². The first-order chi connectivity index (χ1) is 8.26. The van der Waals surface area contributed by atoms with E-state index in [9.17, 15) is 0 Å². The summed E-state index contributed by atoms with van der Waals surface area (Å²) < 4.78 is 0. The van der Waals surface area contributed by atoms with Crippen LogP contribution in [0.3, 0.4) is 0 Å². The Kier molecular flexibility index (Phi) is 2.93. The minimum atomic E-state index is 0.224. The molecule has 1 aromatic rings. The fourth-order valence-corrected chi connectivity index (χ4v) is 2.99. The van der Waals surface area contributed by atoms with Crippen LogP contribution in [0.1, 0.15) is 24.8 Å². The standard InChI is InChI=1S/C15H22N2/c16-15(8-9-15)14-7-11-17(12-14)10-6-13-4-2-1-3-5-13/h1-5,14H,6-12,16H2. The van der Waals surface area contributed by atoms with E-state index >= 15 is 0 Å². The molecule has 2 fully saturated rings. The van der Waals surface area contributed by atoms with E-state index in [4.69, 9.17) is 5.73 Å². The van der Waals surface area contributed by atoms with Crippen molar-refractivity contribution in [3.05, 3.63) is 35.9 Å². The van der Waals surface area contributed by atoms with E-state index in [0.717, 1.165) is 5.92 Å². The van der Waals surface area contributed by atoms with Gasteiger partial charge in [-0.1, -0.05) is 30.3 Å². The van der Waals surface area contributed by atoms with Crippen LogP contribution >= 0.6 is 0 Å². The Morgan fingerprint density at radius 3 is 2.71 bits per heavy atom. The van der Waals surface area contributed by atoms with Crippen LogP contribution in [-0.2, 0) is 6.42 Å². The van der Waals surface area contributed by atoms with E-state index in [2.05, 4.69) is 35.2 Å². The van der Waals surface area contributed by atoms with E-state index in [1.165, 1.54) is 50.9 Å². The molecule has 2 aliphatic rings. The first kappa shape index (κ1) is 11.2. The zero-order chi connectivity index (χ0) is 11.7. The molecule has 1 saturated heterocycles. The summed E-state index contributed by atoms with van der Waals surface area (Å²) in [4.78, 5) is 2.59. The molecule has 1 unspecified atom stereocenters. The van der Waals surface area contributed by atoms with E-state index < -0.39 is 0 Å². The lowest BCUT2D eigenvalue weighted by Crippen LogP contribution is -2.35. The average Bonchev–Trinajstić information content (AvgIpc) is 2.94. The van der Waals surface area contributed by atoms with Crippen molar-refractivity contribution in [3.8, 4) is 0 Å². The largest absolute Gasteiger partial charge is 0.325 e. The second kappa shape index (κ2) is 4.43. The monoisotopic (exact) mass is 230 g/mol. The first-order valence-electron chi connectivity index (χ1n) is 6.81. The van der Waals surface area contributed by atoms with Gasteiger partial charge < -0.3 is 10.6 Å². The number of benzene rings is 1. The highest BCUT2D eigenvalue weighted by Crippen LogP contribution is 2.43. The first-order valence-corrected chi connectivity index (χ1v) is 6.81. The molecular formula is C15H22N2. The molecule has 2 N–H and O–H groups in total. The Balaban J connectivity index is 1.48. The lowest BCUT2D eigenvalue weighted by molar-refractivity contribution is 0.311. The maximum atomic E-state index is 6.29. The number of nitrogens with two attached hydrogens (primary N) is 1. The highest BCUT2D eigenvalue weighted by molar-refractivity contribution is 5.15. The van der Waals surface area contributed by atoms with Gasteiger partial charge in [0.15, 0.2) is 0 Å². The second-order valence-electron chi connectivity index (χ2n) is 5.75. The molecular weight excluding hydrogens is 208 g/mol. The summed E-state index contributed by atoms with van der Waals surface area (Å²) in [6, 6.07) is 10.8. The SMILES string of the molecule is NC1(C2CCN(CCc3ccccc3)C2)CC1. The Bertz CT molecular complexity index is 370. The summed E-state index contributed by atoms with van der Waals surface area (Å²) in [5, 5.41) is 0. The fraction of sp³-hybridized carbons (Fsp3) is 0.600. The van der Waals surface area contributed by atoms with Gasteiger partial charge in [0.1, 0.15) is 0 Å². The van der Waals surface area contributed by atoms with Crippen LogP contribution in [0, 0.1) is 5.92 Å². The van der Waals surface area contributed by atoms with Gasteiger partial charge in [-0.2, -0.15) is 0 Å². The van der Waals surface area contributed by atoms with Crippen molar-refractivity contribution < 1.29 is 0 Å². The highest BCUT2D eigenvalue weighted by Gasteiger charge is 2.47. The molecule has 2 nitrogen and oxygen atoms in total. The molecule has 1 saturated carbocycles. The maximum absolute atomic E-state index is 6.29. The molecule has 0 aromatic heterocycles. The smallest absolute Gasteiger partial charge is 0.0197 e. The predicted octanol–water partition coefficient (Wildman–Crippen LogP) is 2.04. The van der Waals surface area contributed by atoms with Crippen molar-refractivity contribution in [2.24, 2.45) is 11.7 Å². The topological polar surface area (TPSA) is 29.3 Å².